The van der Waals surface area contributed by atoms with Gasteiger partial charge >= 0.3 is 5.97 Å². The Hall–Kier alpha value is -2.63. The first-order valence-electron chi connectivity index (χ1n) is 10.3. The van der Waals surface area contributed by atoms with Crippen LogP contribution in [0.1, 0.15) is 42.4 Å². The number of aryl methyl sites for hydroxylation is 1. The van der Waals surface area contributed by atoms with Crippen molar-refractivity contribution < 1.29 is 9.90 Å². The van der Waals surface area contributed by atoms with Gasteiger partial charge in [-0.3, -0.25) is 10.1 Å². The van der Waals surface area contributed by atoms with Gasteiger partial charge < -0.3 is 9.67 Å². The molecule has 3 rings (SSSR count). The Labute approximate surface area is 182 Å². The third kappa shape index (κ3) is 5.94. The van der Waals surface area contributed by atoms with E-state index in [0.717, 1.165) is 41.9 Å². The van der Waals surface area contributed by atoms with Crippen molar-refractivity contribution in [1.29, 1.82) is 0 Å². The Morgan fingerprint density at radius 1 is 1.17 bits per heavy atom. The molecule has 0 aliphatic carbocycles. The molecule has 0 aliphatic rings. The van der Waals surface area contributed by atoms with E-state index in [0.29, 0.717) is 24.5 Å². The molecule has 0 bridgehead atoms. The summed E-state index contributed by atoms with van der Waals surface area (Å²) in [5, 5.41) is 13.6. The van der Waals surface area contributed by atoms with Gasteiger partial charge in [0.1, 0.15) is 11.9 Å². The summed E-state index contributed by atoms with van der Waals surface area (Å²) in [5.74, 6) is 0.102. The fourth-order valence-corrected chi connectivity index (χ4v) is 3.63. The molecule has 0 unspecified atom stereocenters. The number of carbonyl (C=O) groups is 1. The number of hydrogen-bond acceptors (Lipinski definition) is 3. The summed E-state index contributed by atoms with van der Waals surface area (Å²) < 4.78 is 2.12. The lowest BCUT2D eigenvalue weighted by molar-refractivity contribution is -0.139. The van der Waals surface area contributed by atoms with E-state index in [1.165, 1.54) is 0 Å². The van der Waals surface area contributed by atoms with E-state index in [-0.39, 0.29) is 0 Å². The molecule has 1 heterocycles. The molecule has 5 nitrogen and oxygen atoms in total. The number of hydrogen-bond donors (Lipinski definition) is 2. The Bertz CT molecular complexity index is 956. The Morgan fingerprint density at radius 3 is 2.60 bits per heavy atom. The molecule has 0 fully saturated rings. The lowest BCUT2D eigenvalue weighted by atomic mass is 10.1. The third-order valence-electron chi connectivity index (χ3n) is 5.17. The van der Waals surface area contributed by atoms with Gasteiger partial charge in [-0.2, -0.15) is 0 Å². The van der Waals surface area contributed by atoms with Crippen LogP contribution in [-0.4, -0.2) is 26.7 Å². The van der Waals surface area contributed by atoms with Crippen LogP contribution in [0, 0.1) is 0 Å². The smallest absolute Gasteiger partial charge is 0.321 e. The van der Waals surface area contributed by atoms with Crippen LogP contribution in [-0.2, 0) is 30.7 Å². The molecule has 1 aromatic heterocycles. The van der Waals surface area contributed by atoms with Gasteiger partial charge in [0.05, 0.1) is 6.54 Å². The largest absolute Gasteiger partial charge is 0.480 e. The molecule has 0 saturated heterocycles. The summed E-state index contributed by atoms with van der Waals surface area (Å²) in [6.45, 7) is 3.23. The molecular formula is C24H28ClN3O2. The molecule has 3 aromatic rings. The number of imidazole rings is 1. The Kier molecular flexibility index (Phi) is 8.05. The predicted molar refractivity (Wildman–Crippen MR) is 120 cm³/mol. The number of rotatable bonds is 11. The number of halogens is 1. The van der Waals surface area contributed by atoms with Crippen LogP contribution in [0.2, 0.25) is 5.02 Å². The maximum Gasteiger partial charge on any atom is 0.321 e. The van der Waals surface area contributed by atoms with Crippen molar-refractivity contribution >= 4 is 17.6 Å². The maximum absolute atomic E-state index is 11.9. The average molecular weight is 426 g/mol. The second-order valence-corrected chi connectivity index (χ2v) is 7.82. The second kappa shape index (κ2) is 11.0. The van der Waals surface area contributed by atoms with Crippen LogP contribution in [0.25, 0.3) is 0 Å². The van der Waals surface area contributed by atoms with Gasteiger partial charge in [0.25, 0.3) is 0 Å². The van der Waals surface area contributed by atoms with Crippen molar-refractivity contribution in [3.8, 4) is 0 Å². The molecule has 0 saturated carbocycles. The van der Waals surface area contributed by atoms with E-state index >= 15 is 0 Å². The Morgan fingerprint density at radius 2 is 1.90 bits per heavy atom. The number of aromatic nitrogens is 2. The number of carboxylic acids is 1. The van der Waals surface area contributed by atoms with Gasteiger partial charge in [0, 0.05) is 36.3 Å². The van der Waals surface area contributed by atoms with Crippen LogP contribution in [0.3, 0.4) is 0 Å². The molecule has 0 radical (unpaired) electrons. The minimum absolute atomic E-state index is 0.353. The maximum atomic E-state index is 11.9. The van der Waals surface area contributed by atoms with Crippen LogP contribution in [0.4, 0.5) is 0 Å². The number of aliphatic carboxylic acids is 1. The summed E-state index contributed by atoms with van der Waals surface area (Å²) in [7, 11) is 0. The SMILES string of the molecule is CCCCc1ncc(C[C@H](NCc2ccccc2)C(=O)O)n1Cc1ccccc1Cl. The fraction of sp³-hybridized carbons (Fsp3) is 0.333. The van der Waals surface area contributed by atoms with Crippen LogP contribution < -0.4 is 5.32 Å². The molecular weight excluding hydrogens is 398 g/mol. The number of nitrogens with zero attached hydrogens (tertiary/aromatic N) is 2. The minimum atomic E-state index is -0.869. The highest BCUT2D eigenvalue weighted by Crippen LogP contribution is 2.20. The molecule has 0 aliphatic heterocycles. The number of carboxylic acid groups (broad SMARTS) is 1. The highest BCUT2D eigenvalue weighted by atomic mass is 35.5. The highest BCUT2D eigenvalue weighted by molar-refractivity contribution is 6.31. The summed E-state index contributed by atoms with van der Waals surface area (Å²) in [6.07, 6.45) is 5.13. The van der Waals surface area contributed by atoms with Crippen molar-refractivity contribution in [1.82, 2.24) is 14.9 Å². The normalized spacial score (nSPS) is 12.1. The van der Waals surface area contributed by atoms with Crippen molar-refractivity contribution in [2.75, 3.05) is 0 Å². The van der Waals surface area contributed by atoms with E-state index in [9.17, 15) is 9.90 Å². The molecule has 1 atom stereocenters. The molecule has 2 aromatic carbocycles. The molecule has 2 N–H and O–H groups in total. The minimum Gasteiger partial charge on any atom is -0.480 e. The molecule has 158 valence electrons. The van der Waals surface area contributed by atoms with E-state index in [1.54, 1.807) is 0 Å². The quantitative estimate of drug-likeness (QED) is 0.466. The van der Waals surface area contributed by atoms with E-state index in [1.807, 2.05) is 60.8 Å². The molecule has 30 heavy (non-hydrogen) atoms. The zero-order chi connectivity index (χ0) is 21.3. The lowest BCUT2D eigenvalue weighted by Gasteiger charge is -2.18. The second-order valence-electron chi connectivity index (χ2n) is 7.41. The average Bonchev–Trinajstić information content (AvgIpc) is 3.12. The number of benzene rings is 2. The van der Waals surface area contributed by atoms with Gasteiger partial charge in [0.2, 0.25) is 0 Å². The van der Waals surface area contributed by atoms with E-state index in [2.05, 4.69) is 21.8 Å². The summed E-state index contributed by atoms with van der Waals surface area (Å²) in [6, 6.07) is 16.9. The Balaban J connectivity index is 1.81. The zero-order valence-electron chi connectivity index (χ0n) is 17.2. The van der Waals surface area contributed by atoms with Gasteiger partial charge in [-0.05, 0) is 23.6 Å². The fourth-order valence-electron chi connectivity index (χ4n) is 3.43. The first kappa shape index (κ1) is 22.1. The zero-order valence-corrected chi connectivity index (χ0v) is 18.0. The standard InChI is InChI=1S/C24H28ClN3O2/c1-2-3-13-23-27-16-20(28(23)17-19-11-7-8-12-21(19)25)14-22(24(29)30)26-15-18-9-5-4-6-10-18/h4-12,16,22,26H,2-3,13-15,17H2,1H3,(H,29,30)/t22-/m0/s1. The van der Waals surface area contributed by atoms with Crippen LogP contribution >= 0.6 is 11.6 Å². The summed E-state index contributed by atoms with van der Waals surface area (Å²) in [5.41, 5.74) is 2.95. The van der Waals surface area contributed by atoms with Crippen molar-refractivity contribution in [3.63, 3.8) is 0 Å². The van der Waals surface area contributed by atoms with Gasteiger partial charge in [-0.15, -0.1) is 0 Å². The van der Waals surface area contributed by atoms with Gasteiger partial charge in [-0.25, -0.2) is 4.98 Å². The molecule has 0 amide bonds. The van der Waals surface area contributed by atoms with Crippen LogP contribution in [0.5, 0.6) is 0 Å². The van der Waals surface area contributed by atoms with Crippen molar-refractivity contribution in [2.24, 2.45) is 0 Å². The van der Waals surface area contributed by atoms with Crippen molar-refractivity contribution in [3.05, 3.63) is 88.5 Å². The predicted octanol–water partition coefficient (Wildman–Crippen LogP) is 4.71. The first-order valence-corrected chi connectivity index (χ1v) is 10.7. The summed E-state index contributed by atoms with van der Waals surface area (Å²) >= 11 is 6.38. The van der Waals surface area contributed by atoms with E-state index in [4.69, 9.17) is 11.6 Å². The van der Waals surface area contributed by atoms with Gasteiger partial charge in [0.15, 0.2) is 0 Å². The summed E-state index contributed by atoms with van der Waals surface area (Å²) in [4.78, 5) is 16.5. The first-order chi connectivity index (χ1) is 14.6. The number of nitrogens with one attached hydrogen (secondary N) is 1. The lowest BCUT2D eigenvalue weighted by Crippen LogP contribution is -2.38. The topological polar surface area (TPSA) is 67.2 Å². The van der Waals surface area contributed by atoms with Crippen LogP contribution in [0.15, 0.2) is 60.8 Å². The molecule has 0 spiro atoms. The highest BCUT2D eigenvalue weighted by Gasteiger charge is 2.21. The van der Waals surface area contributed by atoms with Gasteiger partial charge in [-0.1, -0.05) is 73.5 Å². The third-order valence-corrected chi connectivity index (χ3v) is 5.54. The van der Waals surface area contributed by atoms with Crippen molar-refractivity contribution in [2.45, 2.75) is 51.7 Å². The van der Waals surface area contributed by atoms with E-state index < -0.39 is 12.0 Å². The monoisotopic (exact) mass is 425 g/mol. The molecule has 6 heteroatoms. The number of unbranched alkanes of at least 4 members (excludes halogenated alkanes) is 1.